The average Bonchev–Trinajstić information content (AvgIpc) is 3.40. The van der Waals surface area contributed by atoms with Gasteiger partial charge in [-0.25, -0.2) is 0 Å². The van der Waals surface area contributed by atoms with Crippen LogP contribution in [0.2, 0.25) is 0 Å². The van der Waals surface area contributed by atoms with Crippen LogP contribution in [0.3, 0.4) is 0 Å². The van der Waals surface area contributed by atoms with Crippen LogP contribution in [0, 0.1) is 0 Å². The van der Waals surface area contributed by atoms with Crippen LogP contribution < -0.4 is 0 Å². The second kappa shape index (κ2) is 62.1. The van der Waals surface area contributed by atoms with Gasteiger partial charge in [0.1, 0.15) is 13.2 Å². The van der Waals surface area contributed by atoms with Crippen LogP contribution >= 0.6 is 0 Å². The molecule has 0 radical (unpaired) electrons. The number of unbranched alkanes of at least 4 members (excludes halogenated alkanes) is 33. The molecule has 74 heavy (non-hydrogen) atoms. The van der Waals surface area contributed by atoms with Gasteiger partial charge >= 0.3 is 17.9 Å². The molecule has 426 valence electrons. The lowest BCUT2D eigenvalue weighted by atomic mass is 10.0. The van der Waals surface area contributed by atoms with Gasteiger partial charge in [-0.05, 0) is 96.3 Å². The number of carbonyl (C=O) groups excluding carboxylic acids is 3. The van der Waals surface area contributed by atoms with Crippen molar-refractivity contribution in [2.45, 2.75) is 316 Å². The van der Waals surface area contributed by atoms with Crippen molar-refractivity contribution in [1.82, 2.24) is 0 Å². The summed E-state index contributed by atoms with van der Waals surface area (Å²) in [6.07, 6.45) is 82.1. The summed E-state index contributed by atoms with van der Waals surface area (Å²) < 4.78 is 16.8. The van der Waals surface area contributed by atoms with E-state index in [4.69, 9.17) is 14.2 Å². The smallest absolute Gasteiger partial charge is 0.310 e. The molecule has 0 bridgehead atoms. The SMILES string of the molecule is CC/C=C\C/C=C\C/C=C\C/C=C\C/C=C\CC(=O)OC(COC(=O)CCCCCCC/C=C\CCCCC)COC(=O)CCCCCCCCCCCCCCCCCCC/C=C\CCCCCCCCCC. The predicted octanol–water partition coefficient (Wildman–Crippen LogP) is 21.5. The Morgan fingerprint density at radius 2 is 0.568 bits per heavy atom. The van der Waals surface area contributed by atoms with E-state index in [1.807, 2.05) is 6.08 Å². The van der Waals surface area contributed by atoms with E-state index in [-0.39, 0.29) is 31.6 Å². The fourth-order valence-electron chi connectivity index (χ4n) is 8.92. The second-order valence-corrected chi connectivity index (χ2v) is 20.9. The first-order valence-electron chi connectivity index (χ1n) is 31.6. The lowest BCUT2D eigenvalue weighted by molar-refractivity contribution is -0.166. The zero-order valence-corrected chi connectivity index (χ0v) is 48.8. The Labute approximate surface area is 458 Å². The Morgan fingerprint density at radius 3 is 0.905 bits per heavy atom. The third kappa shape index (κ3) is 59.5. The molecule has 0 heterocycles. The quantitative estimate of drug-likeness (QED) is 0.0261. The molecule has 0 aliphatic carbocycles. The van der Waals surface area contributed by atoms with E-state index in [9.17, 15) is 14.4 Å². The molecule has 0 rings (SSSR count). The maximum absolute atomic E-state index is 12.8. The van der Waals surface area contributed by atoms with Crippen LogP contribution in [-0.2, 0) is 28.6 Å². The first-order valence-corrected chi connectivity index (χ1v) is 31.6. The van der Waals surface area contributed by atoms with Gasteiger partial charge in [0.15, 0.2) is 6.10 Å². The molecule has 6 heteroatoms. The van der Waals surface area contributed by atoms with E-state index < -0.39 is 12.1 Å². The molecule has 0 N–H and O–H groups in total. The summed E-state index contributed by atoms with van der Waals surface area (Å²) in [5, 5.41) is 0. The number of carbonyl (C=O) groups is 3. The first-order chi connectivity index (χ1) is 36.5. The molecule has 0 spiro atoms. The van der Waals surface area contributed by atoms with E-state index in [1.165, 1.54) is 186 Å². The monoisotopic (exact) mass is 1030 g/mol. The number of esters is 3. The number of rotatable bonds is 57. The Kier molecular flexibility index (Phi) is 59.3. The lowest BCUT2D eigenvalue weighted by Crippen LogP contribution is -2.30. The highest BCUT2D eigenvalue weighted by Crippen LogP contribution is 2.16. The summed E-state index contributed by atoms with van der Waals surface area (Å²) in [6.45, 7) is 6.43. The normalized spacial score (nSPS) is 12.6. The van der Waals surface area contributed by atoms with Gasteiger partial charge in [0.05, 0.1) is 6.42 Å². The molecule has 0 aromatic heterocycles. The predicted molar refractivity (Wildman–Crippen MR) is 321 cm³/mol. The summed E-state index contributed by atoms with van der Waals surface area (Å²) in [7, 11) is 0. The molecule has 0 aromatic rings. The van der Waals surface area contributed by atoms with Crippen LogP contribution in [0.4, 0.5) is 0 Å². The van der Waals surface area contributed by atoms with Crippen LogP contribution in [0.5, 0.6) is 0 Å². The van der Waals surface area contributed by atoms with E-state index in [0.29, 0.717) is 12.8 Å². The summed E-state index contributed by atoms with van der Waals surface area (Å²) in [6, 6.07) is 0. The third-order valence-electron chi connectivity index (χ3n) is 13.6. The molecular weight excluding hydrogens is 913 g/mol. The van der Waals surface area contributed by atoms with Crippen molar-refractivity contribution in [3.8, 4) is 0 Å². The molecule has 1 atom stereocenters. The fraction of sp³-hybridized carbons (Fsp3) is 0.750. The highest BCUT2D eigenvalue weighted by molar-refractivity contribution is 5.72. The Hall–Kier alpha value is -3.41. The van der Waals surface area contributed by atoms with Crippen LogP contribution in [0.1, 0.15) is 310 Å². The van der Waals surface area contributed by atoms with Crippen molar-refractivity contribution in [2.24, 2.45) is 0 Å². The van der Waals surface area contributed by atoms with E-state index in [2.05, 4.69) is 93.7 Å². The van der Waals surface area contributed by atoms with Gasteiger partial charge in [0.25, 0.3) is 0 Å². The van der Waals surface area contributed by atoms with Gasteiger partial charge < -0.3 is 14.2 Å². The van der Waals surface area contributed by atoms with Gasteiger partial charge in [-0.2, -0.15) is 0 Å². The van der Waals surface area contributed by atoms with Gasteiger partial charge in [-0.3, -0.25) is 14.4 Å². The van der Waals surface area contributed by atoms with Crippen molar-refractivity contribution >= 4 is 17.9 Å². The molecule has 0 aliphatic rings. The highest BCUT2D eigenvalue weighted by atomic mass is 16.6. The molecule has 1 unspecified atom stereocenters. The second-order valence-electron chi connectivity index (χ2n) is 20.9. The zero-order valence-electron chi connectivity index (χ0n) is 48.8. The van der Waals surface area contributed by atoms with Crippen molar-refractivity contribution in [3.63, 3.8) is 0 Å². The van der Waals surface area contributed by atoms with E-state index in [0.717, 1.165) is 83.5 Å². The number of allylic oxidation sites excluding steroid dienone is 13. The number of hydrogen-bond acceptors (Lipinski definition) is 6. The topological polar surface area (TPSA) is 78.9 Å². The van der Waals surface area contributed by atoms with E-state index in [1.54, 1.807) is 6.08 Å². The minimum Gasteiger partial charge on any atom is -0.462 e. The number of ether oxygens (including phenoxy) is 3. The maximum atomic E-state index is 12.8. The molecule has 0 aromatic carbocycles. The molecule has 0 fully saturated rings. The molecule has 0 aliphatic heterocycles. The third-order valence-corrected chi connectivity index (χ3v) is 13.6. The molecular formula is C68H118O6. The lowest BCUT2D eigenvalue weighted by Gasteiger charge is -2.18. The van der Waals surface area contributed by atoms with Crippen molar-refractivity contribution in [3.05, 3.63) is 85.1 Å². The van der Waals surface area contributed by atoms with Gasteiger partial charge in [0, 0.05) is 12.8 Å². The van der Waals surface area contributed by atoms with Crippen molar-refractivity contribution in [2.75, 3.05) is 13.2 Å². The molecule has 0 amide bonds. The summed E-state index contributed by atoms with van der Waals surface area (Å²) in [5.74, 6) is -1.05. The first kappa shape index (κ1) is 70.6. The Morgan fingerprint density at radius 1 is 0.297 bits per heavy atom. The minimum absolute atomic E-state index is 0.0961. The molecule has 6 nitrogen and oxygen atoms in total. The standard InChI is InChI=1S/C68H118O6/c1-4-7-10-13-16-19-22-25-27-28-29-30-31-32-33-34-35-36-37-38-39-40-42-43-46-49-52-55-58-61-67(70)73-64-65(63-72-66(69)60-57-54-51-48-45-24-21-18-15-12-9-6-3)74-68(71)62-59-56-53-50-47-44-41-26-23-20-17-14-11-8-5-2/h8,11,17-18,20-21,26,28-29,41,47,50,56,59,65H,4-7,9-10,12-16,19,22-25,27,30-40,42-46,48-49,51-55,57-58,60-64H2,1-3H3/b11-8-,20-17-,21-18-,29-28-,41-26-,50-47-,59-56-. The van der Waals surface area contributed by atoms with Gasteiger partial charge in [0.2, 0.25) is 0 Å². The average molecular weight is 1030 g/mol. The van der Waals surface area contributed by atoms with Crippen LogP contribution in [0.15, 0.2) is 85.1 Å². The minimum atomic E-state index is -0.833. The summed E-state index contributed by atoms with van der Waals surface area (Å²) >= 11 is 0. The fourth-order valence-corrected chi connectivity index (χ4v) is 8.92. The van der Waals surface area contributed by atoms with Gasteiger partial charge in [-0.1, -0.05) is 279 Å². The maximum Gasteiger partial charge on any atom is 0.310 e. The Balaban J connectivity index is 4.23. The summed E-state index contributed by atoms with van der Waals surface area (Å²) in [4.78, 5) is 38.1. The zero-order chi connectivity index (χ0) is 53.6. The molecule has 0 saturated carbocycles. The van der Waals surface area contributed by atoms with E-state index >= 15 is 0 Å². The van der Waals surface area contributed by atoms with Crippen LogP contribution in [-0.4, -0.2) is 37.2 Å². The highest BCUT2D eigenvalue weighted by Gasteiger charge is 2.19. The van der Waals surface area contributed by atoms with Gasteiger partial charge in [-0.15, -0.1) is 0 Å². The summed E-state index contributed by atoms with van der Waals surface area (Å²) in [5.41, 5.74) is 0. The molecule has 0 saturated heterocycles. The van der Waals surface area contributed by atoms with Crippen LogP contribution in [0.25, 0.3) is 0 Å². The Bertz CT molecular complexity index is 1420. The van der Waals surface area contributed by atoms with Crippen molar-refractivity contribution in [1.29, 1.82) is 0 Å². The largest absolute Gasteiger partial charge is 0.462 e. The number of hydrogen-bond donors (Lipinski definition) is 0. The van der Waals surface area contributed by atoms with Crippen molar-refractivity contribution < 1.29 is 28.6 Å².